The van der Waals surface area contributed by atoms with Gasteiger partial charge in [0.25, 0.3) is 0 Å². The Kier molecular flexibility index (Phi) is 2.26. The molecule has 52 valence electrons. The van der Waals surface area contributed by atoms with Crippen molar-refractivity contribution in [2.75, 3.05) is 0 Å². The SMILES string of the molecule is CC1=CC[C@H](F)CCC1. The first-order chi connectivity index (χ1) is 4.29. The minimum Gasteiger partial charge on any atom is -0.247 e. The van der Waals surface area contributed by atoms with E-state index < -0.39 is 6.17 Å². The molecule has 0 aromatic heterocycles. The highest BCUT2D eigenvalue weighted by Gasteiger charge is 2.07. The maximum absolute atomic E-state index is 12.6. The Labute approximate surface area is 55.8 Å². The first kappa shape index (κ1) is 6.79. The Morgan fingerprint density at radius 3 is 3.22 bits per heavy atom. The van der Waals surface area contributed by atoms with Crippen LogP contribution >= 0.6 is 0 Å². The van der Waals surface area contributed by atoms with Gasteiger partial charge in [0.1, 0.15) is 6.17 Å². The number of rotatable bonds is 0. The van der Waals surface area contributed by atoms with Crippen LogP contribution in [-0.2, 0) is 0 Å². The molecule has 1 atom stereocenters. The van der Waals surface area contributed by atoms with Crippen LogP contribution in [0.2, 0.25) is 0 Å². The molecule has 0 bridgehead atoms. The largest absolute Gasteiger partial charge is 0.247 e. The van der Waals surface area contributed by atoms with Gasteiger partial charge in [-0.1, -0.05) is 11.6 Å². The standard InChI is InChI=1S/C8H13F/c1-7-3-2-4-8(9)6-5-7/h5,8H,2-4,6H2,1H3/t8-/m1/s1. The Morgan fingerprint density at radius 2 is 2.44 bits per heavy atom. The van der Waals surface area contributed by atoms with E-state index in [0.29, 0.717) is 6.42 Å². The van der Waals surface area contributed by atoms with Crippen molar-refractivity contribution in [2.24, 2.45) is 0 Å². The fraction of sp³-hybridized carbons (Fsp3) is 0.750. The average Bonchev–Trinajstić information content (AvgIpc) is 1.97. The van der Waals surface area contributed by atoms with Crippen LogP contribution in [0.5, 0.6) is 0 Å². The van der Waals surface area contributed by atoms with E-state index in [0.717, 1.165) is 19.3 Å². The number of hydrogen-bond acceptors (Lipinski definition) is 0. The molecule has 0 aromatic carbocycles. The fourth-order valence-electron chi connectivity index (χ4n) is 1.15. The lowest BCUT2D eigenvalue weighted by molar-refractivity contribution is 0.316. The first-order valence-electron chi connectivity index (χ1n) is 3.59. The van der Waals surface area contributed by atoms with Gasteiger partial charge < -0.3 is 0 Å². The van der Waals surface area contributed by atoms with E-state index in [1.54, 1.807) is 0 Å². The van der Waals surface area contributed by atoms with Gasteiger partial charge in [0, 0.05) is 0 Å². The third-order valence-electron chi connectivity index (χ3n) is 1.81. The molecular formula is C8H13F. The number of hydrogen-bond donors (Lipinski definition) is 0. The predicted octanol–water partition coefficient (Wildman–Crippen LogP) is 2.84. The predicted molar refractivity (Wildman–Crippen MR) is 37.1 cm³/mol. The van der Waals surface area contributed by atoms with Gasteiger partial charge in [-0.15, -0.1) is 0 Å². The Balaban J connectivity index is 2.42. The molecule has 0 fully saturated rings. The van der Waals surface area contributed by atoms with Crippen LogP contribution in [0.1, 0.15) is 32.6 Å². The van der Waals surface area contributed by atoms with Crippen molar-refractivity contribution in [3.8, 4) is 0 Å². The number of halogens is 1. The van der Waals surface area contributed by atoms with Gasteiger partial charge in [-0.25, -0.2) is 4.39 Å². The molecule has 0 aliphatic heterocycles. The maximum Gasteiger partial charge on any atom is 0.104 e. The van der Waals surface area contributed by atoms with Crippen molar-refractivity contribution < 1.29 is 4.39 Å². The van der Waals surface area contributed by atoms with E-state index in [9.17, 15) is 4.39 Å². The number of allylic oxidation sites excluding steroid dienone is 2. The third-order valence-corrected chi connectivity index (χ3v) is 1.81. The van der Waals surface area contributed by atoms with Crippen molar-refractivity contribution in [1.82, 2.24) is 0 Å². The summed E-state index contributed by atoms with van der Waals surface area (Å²) >= 11 is 0. The molecule has 0 amide bonds. The van der Waals surface area contributed by atoms with Gasteiger partial charge in [0.05, 0.1) is 0 Å². The minimum absolute atomic E-state index is 0.567. The minimum atomic E-state index is -0.567. The molecule has 0 aromatic rings. The quantitative estimate of drug-likeness (QED) is 0.440. The molecule has 1 rings (SSSR count). The van der Waals surface area contributed by atoms with Gasteiger partial charge in [0.15, 0.2) is 0 Å². The van der Waals surface area contributed by atoms with E-state index in [4.69, 9.17) is 0 Å². The van der Waals surface area contributed by atoms with Gasteiger partial charge >= 0.3 is 0 Å². The van der Waals surface area contributed by atoms with E-state index in [-0.39, 0.29) is 0 Å². The lowest BCUT2D eigenvalue weighted by Crippen LogP contribution is -1.94. The molecule has 1 aliphatic rings. The van der Waals surface area contributed by atoms with Crippen molar-refractivity contribution in [2.45, 2.75) is 38.8 Å². The van der Waals surface area contributed by atoms with Crippen molar-refractivity contribution >= 4 is 0 Å². The second kappa shape index (κ2) is 3.00. The molecule has 0 saturated heterocycles. The number of alkyl halides is 1. The van der Waals surface area contributed by atoms with E-state index in [2.05, 4.69) is 6.92 Å². The van der Waals surface area contributed by atoms with E-state index in [1.165, 1.54) is 5.57 Å². The monoisotopic (exact) mass is 128 g/mol. The smallest absolute Gasteiger partial charge is 0.104 e. The zero-order valence-corrected chi connectivity index (χ0v) is 5.86. The Hall–Kier alpha value is -0.330. The maximum atomic E-state index is 12.6. The molecule has 0 heterocycles. The normalized spacial score (nSPS) is 29.1. The van der Waals surface area contributed by atoms with Crippen LogP contribution in [0, 0.1) is 0 Å². The topological polar surface area (TPSA) is 0 Å². The summed E-state index contributed by atoms with van der Waals surface area (Å²) in [6.45, 7) is 2.08. The molecule has 0 radical (unpaired) electrons. The van der Waals surface area contributed by atoms with Crippen LogP contribution in [0.15, 0.2) is 11.6 Å². The van der Waals surface area contributed by atoms with Crippen LogP contribution in [0.4, 0.5) is 4.39 Å². The zero-order valence-electron chi connectivity index (χ0n) is 5.86. The zero-order chi connectivity index (χ0) is 6.69. The summed E-state index contributed by atoms with van der Waals surface area (Å²) in [7, 11) is 0. The lowest BCUT2D eigenvalue weighted by atomic mass is 10.1. The average molecular weight is 128 g/mol. The van der Waals surface area contributed by atoms with Crippen LogP contribution in [-0.4, -0.2) is 6.17 Å². The van der Waals surface area contributed by atoms with E-state index >= 15 is 0 Å². The lowest BCUT2D eigenvalue weighted by Gasteiger charge is -1.97. The van der Waals surface area contributed by atoms with Crippen LogP contribution in [0.3, 0.4) is 0 Å². The summed E-state index contributed by atoms with van der Waals surface area (Å²) in [6.07, 6.45) is 4.99. The highest BCUT2D eigenvalue weighted by Crippen LogP contribution is 2.18. The second-order valence-corrected chi connectivity index (χ2v) is 2.78. The van der Waals surface area contributed by atoms with Gasteiger partial charge in [-0.3, -0.25) is 0 Å². The summed E-state index contributed by atoms with van der Waals surface area (Å²) in [5, 5.41) is 0. The Bertz CT molecular complexity index is 116. The fourth-order valence-corrected chi connectivity index (χ4v) is 1.15. The van der Waals surface area contributed by atoms with Crippen LogP contribution in [0.25, 0.3) is 0 Å². The molecule has 0 spiro atoms. The molecule has 0 saturated carbocycles. The molecular weight excluding hydrogens is 115 g/mol. The summed E-state index contributed by atoms with van der Waals surface area (Å²) in [6, 6.07) is 0. The van der Waals surface area contributed by atoms with E-state index in [1.807, 2.05) is 6.08 Å². The molecule has 9 heavy (non-hydrogen) atoms. The van der Waals surface area contributed by atoms with Crippen molar-refractivity contribution in [1.29, 1.82) is 0 Å². The summed E-state index contributed by atoms with van der Waals surface area (Å²) < 4.78 is 12.6. The van der Waals surface area contributed by atoms with Gasteiger partial charge in [-0.05, 0) is 32.6 Å². The van der Waals surface area contributed by atoms with Gasteiger partial charge in [0.2, 0.25) is 0 Å². The summed E-state index contributed by atoms with van der Waals surface area (Å²) in [4.78, 5) is 0. The summed E-state index contributed by atoms with van der Waals surface area (Å²) in [5.74, 6) is 0. The second-order valence-electron chi connectivity index (χ2n) is 2.78. The molecule has 0 unspecified atom stereocenters. The highest BCUT2D eigenvalue weighted by molar-refractivity contribution is 5.00. The summed E-state index contributed by atoms with van der Waals surface area (Å²) in [5.41, 5.74) is 1.36. The first-order valence-corrected chi connectivity index (χ1v) is 3.59. The molecule has 0 N–H and O–H groups in total. The third kappa shape index (κ3) is 2.17. The van der Waals surface area contributed by atoms with Gasteiger partial charge in [-0.2, -0.15) is 0 Å². The van der Waals surface area contributed by atoms with Crippen molar-refractivity contribution in [3.05, 3.63) is 11.6 Å². The highest BCUT2D eigenvalue weighted by atomic mass is 19.1. The Morgan fingerprint density at radius 1 is 1.67 bits per heavy atom. The molecule has 1 aliphatic carbocycles. The van der Waals surface area contributed by atoms with Crippen LogP contribution < -0.4 is 0 Å². The molecule has 1 heteroatoms. The molecule has 0 nitrogen and oxygen atoms in total. The van der Waals surface area contributed by atoms with Crippen molar-refractivity contribution in [3.63, 3.8) is 0 Å².